The first-order valence-corrected chi connectivity index (χ1v) is 8.26. The standard InChI is InChI=1S/C19H13N7O/c1-3-13(18-20-9-10-27-18)11-14(4-1)24-19-21-8-6-16(25-19)15-12-23-26-17(15)5-2-7-22-26/h1-12H,(H,21,24,25). The summed E-state index contributed by atoms with van der Waals surface area (Å²) in [5, 5.41) is 11.7. The lowest BCUT2D eigenvalue weighted by atomic mass is 10.2. The van der Waals surface area contributed by atoms with E-state index in [0.29, 0.717) is 11.8 Å². The van der Waals surface area contributed by atoms with E-state index >= 15 is 0 Å². The molecule has 0 aliphatic heterocycles. The van der Waals surface area contributed by atoms with Crippen molar-refractivity contribution >= 4 is 17.2 Å². The van der Waals surface area contributed by atoms with Gasteiger partial charge in [-0.25, -0.2) is 15.0 Å². The minimum atomic E-state index is 0.486. The van der Waals surface area contributed by atoms with Crippen LogP contribution in [0.15, 0.2) is 77.9 Å². The fourth-order valence-electron chi connectivity index (χ4n) is 2.82. The van der Waals surface area contributed by atoms with Crippen molar-refractivity contribution in [1.82, 2.24) is 29.8 Å². The number of rotatable bonds is 4. The minimum absolute atomic E-state index is 0.486. The maximum atomic E-state index is 5.35. The average Bonchev–Trinajstić information content (AvgIpc) is 3.39. The summed E-state index contributed by atoms with van der Waals surface area (Å²) < 4.78 is 6.92. The number of benzene rings is 1. The summed E-state index contributed by atoms with van der Waals surface area (Å²) in [6.07, 6.45) is 8.32. The van der Waals surface area contributed by atoms with Gasteiger partial charge in [0.25, 0.3) is 0 Å². The van der Waals surface area contributed by atoms with E-state index < -0.39 is 0 Å². The van der Waals surface area contributed by atoms with Crippen LogP contribution in [-0.4, -0.2) is 29.8 Å². The number of oxazole rings is 1. The highest BCUT2D eigenvalue weighted by Gasteiger charge is 2.10. The molecule has 0 fully saturated rings. The van der Waals surface area contributed by atoms with Gasteiger partial charge in [0.15, 0.2) is 0 Å². The molecule has 5 aromatic rings. The van der Waals surface area contributed by atoms with Crippen LogP contribution in [0.1, 0.15) is 0 Å². The molecule has 4 heterocycles. The average molecular weight is 355 g/mol. The van der Waals surface area contributed by atoms with E-state index in [2.05, 4.69) is 30.5 Å². The zero-order valence-electron chi connectivity index (χ0n) is 14.0. The fourth-order valence-corrected chi connectivity index (χ4v) is 2.82. The Morgan fingerprint density at radius 2 is 1.93 bits per heavy atom. The lowest BCUT2D eigenvalue weighted by molar-refractivity contribution is 0.574. The van der Waals surface area contributed by atoms with Gasteiger partial charge >= 0.3 is 0 Å². The van der Waals surface area contributed by atoms with Crippen molar-refractivity contribution in [2.45, 2.75) is 0 Å². The molecule has 8 nitrogen and oxygen atoms in total. The van der Waals surface area contributed by atoms with Crippen LogP contribution in [0.2, 0.25) is 0 Å². The van der Waals surface area contributed by atoms with E-state index in [4.69, 9.17) is 4.42 Å². The smallest absolute Gasteiger partial charge is 0.227 e. The van der Waals surface area contributed by atoms with Crippen molar-refractivity contribution in [2.75, 3.05) is 5.32 Å². The highest BCUT2D eigenvalue weighted by Crippen LogP contribution is 2.25. The normalized spacial score (nSPS) is 11.0. The summed E-state index contributed by atoms with van der Waals surface area (Å²) >= 11 is 0. The van der Waals surface area contributed by atoms with Crippen LogP contribution < -0.4 is 5.32 Å². The molecule has 4 aromatic heterocycles. The summed E-state index contributed by atoms with van der Waals surface area (Å²) in [6, 6.07) is 13.4. The van der Waals surface area contributed by atoms with Gasteiger partial charge in [-0.05, 0) is 36.4 Å². The van der Waals surface area contributed by atoms with Crippen LogP contribution in [0.5, 0.6) is 0 Å². The number of aromatic nitrogens is 6. The molecule has 0 radical (unpaired) electrons. The molecule has 0 aliphatic rings. The maximum Gasteiger partial charge on any atom is 0.227 e. The molecule has 1 N–H and O–H groups in total. The fraction of sp³-hybridized carbons (Fsp3) is 0. The zero-order chi connectivity index (χ0) is 18.1. The third kappa shape index (κ3) is 2.89. The minimum Gasteiger partial charge on any atom is -0.445 e. The summed E-state index contributed by atoms with van der Waals surface area (Å²) in [7, 11) is 0. The molecule has 130 valence electrons. The van der Waals surface area contributed by atoms with Crippen LogP contribution in [0.25, 0.3) is 28.2 Å². The van der Waals surface area contributed by atoms with Gasteiger partial charge in [0, 0.05) is 29.2 Å². The van der Waals surface area contributed by atoms with E-state index in [1.54, 1.807) is 35.7 Å². The molecule has 0 amide bonds. The van der Waals surface area contributed by atoms with Gasteiger partial charge in [-0.3, -0.25) is 0 Å². The monoisotopic (exact) mass is 355 g/mol. The maximum absolute atomic E-state index is 5.35. The Hall–Kier alpha value is -4.07. The van der Waals surface area contributed by atoms with E-state index in [0.717, 1.165) is 28.0 Å². The molecule has 8 heteroatoms. The molecule has 0 atom stereocenters. The largest absolute Gasteiger partial charge is 0.445 e. The van der Waals surface area contributed by atoms with Gasteiger partial charge in [0.05, 0.1) is 23.6 Å². The third-order valence-electron chi connectivity index (χ3n) is 4.03. The van der Waals surface area contributed by atoms with Crippen LogP contribution in [0, 0.1) is 0 Å². The quantitative estimate of drug-likeness (QED) is 0.526. The van der Waals surface area contributed by atoms with Gasteiger partial charge in [-0.2, -0.15) is 14.8 Å². The third-order valence-corrected chi connectivity index (χ3v) is 4.03. The predicted octanol–water partition coefficient (Wildman–Crippen LogP) is 3.58. The Kier molecular flexibility index (Phi) is 3.57. The topological polar surface area (TPSA) is 94.0 Å². The molecular weight excluding hydrogens is 342 g/mol. The van der Waals surface area contributed by atoms with Gasteiger partial charge in [-0.15, -0.1) is 0 Å². The van der Waals surface area contributed by atoms with Gasteiger partial charge in [0.2, 0.25) is 11.8 Å². The first kappa shape index (κ1) is 15.2. The van der Waals surface area contributed by atoms with E-state index in [1.807, 2.05) is 42.5 Å². The van der Waals surface area contributed by atoms with Crippen molar-refractivity contribution in [3.8, 4) is 22.7 Å². The molecular formula is C19H13N7O. The molecule has 27 heavy (non-hydrogen) atoms. The van der Waals surface area contributed by atoms with Crippen LogP contribution in [-0.2, 0) is 0 Å². The summed E-state index contributed by atoms with van der Waals surface area (Å²) in [4.78, 5) is 13.1. The van der Waals surface area contributed by atoms with Crippen molar-refractivity contribution in [3.63, 3.8) is 0 Å². The first-order valence-electron chi connectivity index (χ1n) is 8.26. The number of hydrogen-bond acceptors (Lipinski definition) is 7. The highest BCUT2D eigenvalue weighted by atomic mass is 16.3. The Balaban J connectivity index is 1.47. The van der Waals surface area contributed by atoms with E-state index in [9.17, 15) is 0 Å². The molecule has 0 saturated heterocycles. The molecule has 0 aliphatic carbocycles. The van der Waals surface area contributed by atoms with Crippen molar-refractivity contribution < 1.29 is 4.42 Å². The molecule has 1 aromatic carbocycles. The van der Waals surface area contributed by atoms with Gasteiger partial charge in [-0.1, -0.05) is 6.07 Å². The van der Waals surface area contributed by atoms with E-state index in [1.165, 1.54) is 0 Å². The number of nitrogens with one attached hydrogen (secondary N) is 1. The molecule has 0 spiro atoms. The number of hydrogen-bond donors (Lipinski definition) is 1. The Bertz CT molecular complexity index is 1210. The second kappa shape index (κ2) is 6.34. The van der Waals surface area contributed by atoms with Crippen LogP contribution in [0.4, 0.5) is 11.6 Å². The SMILES string of the molecule is c1cc(Nc2nccc(-c3cnn4ncccc34)n2)cc(-c2ncco2)c1. The van der Waals surface area contributed by atoms with Gasteiger partial charge in [0.1, 0.15) is 6.26 Å². The van der Waals surface area contributed by atoms with E-state index in [-0.39, 0.29) is 0 Å². The molecule has 0 saturated carbocycles. The van der Waals surface area contributed by atoms with Crippen LogP contribution in [0.3, 0.4) is 0 Å². The first-order chi connectivity index (χ1) is 13.4. The second-order valence-electron chi connectivity index (χ2n) is 5.77. The lowest BCUT2D eigenvalue weighted by Crippen LogP contribution is -1.98. The van der Waals surface area contributed by atoms with Crippen LogP contribution >= 0.6 is 0 Å². The summed E-state index contributed by atoms with van der Waals surface area (Å²) in [5.41, 5.74) is 4.24. The number of anilines is 2. The number of fused-ring (bicyclic) bond motifs is 1. The van der Waals surface area contributed by atoms with Crippen molar-refractivity contribution in [2.24, 2.45) is 0 Å². The highest BCUT2D eigenvalue weighted by molar-refractivity contribution is 5.77. The molecule has 0 unspecified atom stereocenters. The molecule has 0 bridgehead atoms. The van der Waals surface area contributed by atoms with Crippen molar-refractivity contribution in [3.05, 3.63) is 73.5 Å². The second-order valence-corrected chi connectivity index (χ2v) is 5.77. The number of nitrogens with zero attached hydrogens (tertiary/aromatic N) is 6. The van der Waals surface area contributed by atoms with Crippen molar-refractivity contribution in [1.29, 1.82) is 0 Å². The zero-order valence-corrected chi connectivity index (χ0v) is 14.0. The Morgan fingerprint density at radius 3 is 2.85 bits per heavy atom. The summed E-state index contributed by atoms with van der Waals surface area (Å²) in [5.74, 6) is 1.05. The summed E-state index contributed by atoms with van der Waals surface area (Å²) in [6.45, 7) is 0. The Labute approximate surface area is 153 Å². The predicted molar refractivity (Wildman–Crippen MR) is 99.2 cm³/mol. The Morgan fingerprint density at radius 1 is 0.926 bits per heavy atom. The van der Waals surface area contributed by atoms with Gasteiger partial charge < -0.3 is 9.73 Å². The molecule has 5 rings (SSSR count). The lowest BCUT2D eigenvalue weighted by Gasteiger charge is -2.07.